The molecule has 0 saturated heterocycles. The zero-order valence-electron chi connectivity index (χ0n) is 17.8. The zero-order valence-corrected chi connectivity index (χ0v) is 19.4. The number of fused-ring (bicyclic) bond motifs is 1. The van der Waals surface area contributed by atoms with Crippen LogP contribution in [0.15, 0.2) is 42.5 Å². The highest BCUT2D eigenvalue weighted by Gasteiger charge is 2.24. The number of hydrogen-bond donors (Lipinski definition) is 0. The van der Waals surface area contributed by atoms with E-state index in [0.29, 0.717) is 23.0 Å². The smallest absolute Gasteiger partial charge is 0.263 e. The summed E-state index contributed by atoms with van der Waals surface area (Å²) in [6.07, 6.45) is 0. The van der Waals surface area contributed by atoms with Crippen LogP contribution >= 0.6 is 23.7 Å². The van der Waals surface area contributed by atoms with Crippen molar-refractivity contribution in [3.8, 4) is 11.5 Å². The van der Waals surface area contributed by atoms with E-state index in [-0.39, 0.29) is 18.3 Å². The lowest BCUT2D eigenvalue weighted by Gasteiger charge is -2.25. The largest absolute Gasteiger partial charge is 0.497 e. The van der Waals surface area contributed by atoms with Crippen molar-refractivity contribution in [1.29, 1.82) is 0 Å². The first kappa shape index (κ1) is 23.9. The summed E-state index contributed by atoms with van der Waals surface area (Å²) in [5, 5.41) is 0.677. The molecule has 3 aromatic rings. The van der Waals surface area contributed by atoms with Gasteiger partial charge >= 0.3 is 0 Å². The number of likely N-dealkylation sites (N-methyl/N-ethyl adjacent to an activating group) is 1. The van der Waals surface area contributed by atoms with E-state index in [1.54, 1.807) is 31.3 Å². The van der Waals surface area contributed by atoms with E-state index in [1.165, 1.54) is 11.3 Å². The molecule has 0 aliphatic heterocycles. The number of benzene rings is 2. The van der Waals surface area contributed by atoms with Gasteiger partial charge in [0.2, 0.25) is 0 Å². The first-order valence-electron chi connectivity index (χ1n) is 9.73. The summed E-state index contributed by atoms with van der Waals surface area (Å²) in [6.45, 7) is 7.44. The van der Waals surface area contributed by atoms with Crippen LogP contribution in [0.25, 0.3) is 10.2 Å². The van der Waals surface area contributed by atoms with E-state index in [2.05, 4.69) is 18.7 Å². The Morgan fingerprint density at radius 3 is 2.43 bits per heavy atom. The van der Waals surface area contributed by atoms with Gasteiger partial charge < -0.3 is 14.4 Å². The number of nitrogens with zero attached hydrogens (tertiary/aromatic N) is 3. The molecule has 0 bridgehead atoms. The fraction of sp³-hybridized carbons (Fsp3) is 0.364. The van der Waals surface area contributed by atoms with Crippen molar-refractivity contribution < 1.29 is 14.3 Å². The Morgan fingerprint density at radius 1 is 1.03 bits per heavy atom. The SMILES string of the molecule is CCN(CC)CCN(C(=O)c1ccccc1OC)c1nc2ccc(OC)cc2s1.Cl. The van der Waals surface area contributed by atoms with Crippen molar-refractivity contribution in [2.24, 2.45) is 0 Å². The minimum atomic E-state index is -0.111. The number of thiazole rings is 1. The molecule has 0 radical (unpaired) electrons. The van der Waals surface area contributed by atoms with Crippen LogP contribution in [0.2, 0.25) is 0 Å². The van der Waals surface area contributed by atoms with Gasteiger partial charge in [0.1, 0.15) is 11.5 Å². The Labute approximate surface area is 187 Å². The highest BCUT2D eigenvalue weighted by molar-refractivity contribution is 7.22. The van der Waals surface area contributed by atoms with Crippen LogP contribution in [0.5, 0.6) is 11.5 Å². The minimum Gasteiger partial charge on any atom is -0.497 e. The van der Waals surface area contributed by atoms with Gasteiger partial charge in [0, 0.05) is 13.1 Å². The molecule has 0 atom stereocenters. The van der Waals surface area contributed by atoms with Crippen molar-refractivity contribution in [1.82, 2.24) is 9.88 Å². The number of hydrogen-bond acceptors (Lipinski definition) is 6. The fourth-order valence-corrected chi connectivity index (χ4v) is 4.19. The summed E-state index contributed by atoms with van der Waals surface area (Å²) in [7, 11) is 3.22. The van der Waals surface area contributed by atoms with Gasteiger partial charge in [-0.3, -0.25) is 9.69 Å². The Bertz CT molecular complexity index is 975. The summed E-state index contributed by atoms with van der Waals surface area (Å²) in [6, 6.07) is 13.1. The number of amides is 1. The Hall–Kier alpha value is -2.35. The highest BCUT2D eigenvalue weighted by Crippen LogP contribution is 2.33. The molecule has 0 fully saturated rings. The fourth-order valence-electron chi connectivity index (χ4n) is 3.17. The maximum absolute atomic E-state index is 13.5. The van der Waals surface area contributed by atoms with Gasteiger partial charge in [-0.15, -0.1) is 12.4 Å². The summed E-state index contributed by atoms with van der Waals surface area (Å²) in [5.74, 6) is 1.23. The quantitative estimate of drug-likeness (QED) is 0.473. The molecule has 0 saturated carbocycles. The van der Waals surface area contributed by atoms with Crippen LogP contribution in [0, 0.1) is 0 Å². The maximum atomic E-state index is 13.5. The monoisotopic (exact) mass is 449 g/mol. The molecule has 0 aliphatic rings. The molecular formula is C22H28ClN3O3S. The number of aromatic nitrogens is 1. The molecule has 2 aromatic carbocycles. The van der Waals surface area contributed by atoms with E-state index < -0.39 is 0 Å². The van der Waals surface area contributed by atoms with Crippen LogP contribution in [-0.4, -0.2) is 56.2 Å². The van der Waals surface area contributed by atoms with Gasteiger partial charge in [0.25, 0.3) is 5.91 Å². The second-order valence-electron chi connectivity index (χ2n) is 6.51. The van der Waals surface area contributed by atoms with Crippen molar-refractivity contribution in [3.05, 3.63) is 48.0 Å². The number of anilines is 1. The van der Waals surface area contributed by atoms with Crippen molar-refractivity contribution in [3.63, 3.8) is 0 Å². The highest BCUT2D eigenvalue weighted by atomic mass is 35.5. The summed E-state index contributed by atoms with van der Waals surface area (Å²) in [4.78, 5) is 22.3. The average Bonchev–Trinajstić information content (AvgIpc) is 3.19. The lowest BCUT2D eigenvalue weighted by Crippen LogP contribution is -2.39. The van der Waals surface area contributed by atoms with Gasteiger partial charge in [0.05, 0.1) is 30.0 Å². The van der Waals surface area contributed by atoms with Gasteiger partial charge in [-0.2, -0.15) is 0 Å². The molecule has 6 nitrogen and oxygen atoms in total. The predicted molar refractivity (Wildman–Crippen MR) is 126 cm³/mol. The zero-order chi connectivity index (χ0) is 20.8. The molecular weight excluding hydrogens is 422 g/mol. The molecule has 1 aromatic heterocycles. The average molecular weight is 450 g/mol. The Balaban J connectivity index is 0.00000320. The van der Waals surface area contributed by atoms with E-state index in [9.17, 15) is 4.79 Å². The standard InChI is InChI=1S/C22H27N3O3S.ClH/c1-5-24(6-2)13-14-25(21(26)17-9-7-8-10-19(17)28-4)22-23-18-12-11-16(27-3)15-20(18)29-22;/h7-12,15H,5-6,13-14H2,1-4H3;1H. The van der Waals surface area contributed by atoms with Crippen molar-refractivity contribution in [2.45, 2.75) is 13.8 Å². The Kier molecular flexibility index (Phi) is 8.89. The molecule has 0 aliphatic carbocycles. The molecule has 1 amide bonds. The molecule has 1 heterocycles. The van der Waals surface area contributed by atoms with E-state index in [0.717, 1.165) is 35.6 Å². The minimum absolute atomic E-state index is 0. The number of para-hydroxylation sites is 1. The number of rotatable bonds is 9. The van der Waals surface area contributed by atoms with Gasteiger partial charge in [0.15, 0.2) is 5.13 Å². The lowest BCUT2D eigenvalue weighted by molar-refractivity contribution is 0.0981. The lowest BCUT2D eigenvalue weighted by atomic mass is 10.1. The predicted octanol–water partition coefficient (Wildman–Crippen LogP) is 4.72. The molecule has 0 spiro atoms. The second kappa shape index (κ2) is 11.2. The molecule has 30 heavy (non-hydrogen) atoms. The molecule has 0 N–H and O–H groups in total. The van der Waals surface area contributed by atoms with Crippen LogP contribution in [0.3, 0.4) is 0 Å². The molecule has 3 rings (SSSR count). The first-order chi connectivity index (χ1) is 14.1. The number of carbonyl (C=O) groups is 1. The van der Waals surface area contributed by atoms with E-state index in [4.69, 9.17) is 14.5 Å². The second-order valence-corrected chi connectivity index (χ2v) is 7.52. The third-order valence-electron chi connectivity index (χ3n) is 4.93. The summed E-state index contributed by atoms with van der Waals surface area (Å²) in [5.41, 5.74) is 1.39. The number of methoxy groups -OCH3 is 2. The van der Waals surface area contributed by atoms with Crippen molar-refractivity contribution >= 4 is 45.0 Å². The van der Waals surface area contributed by atoms with Crippen molar-refractivity contribution in [2.75, 3.05) is 45.3 Å². The number of ether oxygens (including phenoxy) is 2. The number of halogens is 1. The van der Waals surface area contributed by atoms with Crippen LogP contribution in [0.1, 0.15) is 24.2 Å². The molecule has 162 valence electrons. The van der Waals surface area contributed by atoms with Gasteiger partial charge in [-0.1, -0.05) is 37.3 Å². The van der Waals surface area contributed by atoms with Crippen LogP contribution < -0.4 is 14.4 Å². The topological polar surface area (TPSA) is 54.9 Å². The normalized spacial score (nSPS) is 10.7. The Morgan fingerprint density at radius 2 is 1.77 bits per heavy atom. The third kappa shape index (κ3) is 5.22. The summed E-state index contributed by atoms with van der Waals surface area (Å²) < 4.78 is 11.7. The van der Waals surface area contributed by atoms with Gasteiger partial charge in [-0.25, -0.2) is 4.98 Å². The van der Waals surface area contributed by atoms with Gasteiger partial charge in [-0.05, 0) is 43.4 Å². The summed E-state index contributed by atoms with van der Waals surface area (Å²) >= 11 is 1.49. The molecule has 8 heteroatoms. The third-order valence-corrected chi connectivity index (χ3v) is 5.97. The van der Waals surface area contributed by atoms with E-state index in [1.807, 2.05) is 30.3 Å². The number of carbonyl (C=O) groups excluding carboxylic acids is 1. The van der Waals surface area contributed by atoms with Crippen LogP contribution in [0.4, 0.5) is 5.13 Å². The maximum Gasteiger partial charge on any atom is 0.263 e. The molecule has 0 unspecified atom stereocenters. The van der Waals surface area contributed by atoms with Crippen LogP contribution in [-0.2, 0) is 0 Å². The first-order valence-corrected chi connectivity index (χ1v) is 10.5. The van der Waals surface area contributed by atoms with E-state index >= 15 is 0 Å².